The SMILES string of the molecule is NC(=O)c1ccccc1-c1n[nH]c(=S)n1-c1ccccc1. The lowest BCUT2D eigenvalue weighted by atomic mass is 10.1. The van der Waals surface area contributed by atoms with E-state index in [9.17, 15) is 4.79 Å². The summed E-state index contributed by atoms with van der Waals surface area (Å²) < 4.78 is 2.23. The Hall–Kier alpha value is -2.73. The van der Waals surface area contributed by atoms with Gasteiger partial charge in [-0.25, -0.2) is 0 Å². The molecule has 6 heteroatoms. The molecule has 0 aliphatic carbocycles. The number of amides is 1. The minimum absolute atomic E-state index is 0.406. The molecule has 0 radical (unpaired) electrons. The highest BCUT2D eigenvalue weighted by atomic mass is 32.1. The van der Waals surface area contributed by atoms with Gasteiger partial charge < -0.3 is 5.73 Å². The molecule has 3 aromatic rings. The number of nitrogens with zero attached hydrogens (tertiary/aromatic N) is 2. The van der Waals surface area contributed by atoms with E-state index in [0.717, 1.165) is 5.69 Å². The molecule has 104 valence electrons. The molecule has 0 aliphatic rings. The van der Waals surface area contributed by atoms with E-state index >= 15 is 0 Å². The minimum Gasteiger partial charge on any atom is -0.366 e. The number of para-hydroxylation sites is 1. The normalized spacial score (nSPS) is 10.5. The zero-order valence-electron chi connectivity index (χ0n) is 11.0. The number of aromatic amines is 1. The summed E-state index contributed by atoms with van der Waals surface area (Å²) in [6.07, 6.45) is 0. The molecule has 0 atom stereocenters. The number of carbonyl (C=O) groups is 1. The molecule has 0 fully saturated rings. The van der Waals surface area contributed by atoms with Crippen LogP contribution in [0.2, 0.25) is 0 Å². The van der Waals surface area contributed by atoms with Gasteiger partial charge >= 0.3 is 0 Å². The van der Waals surface area contributed by atoms with Gasteiger partial charge in [-0.3, -0.25) is 14.5 Å². The van der Waals surface area contributed by atoms with Crippen LogP contribution in [0.5, 0.6) is 0 Å². The van der Waals surface area contributed by atoms with Crippen LogP contribution >= 0.6 is 12.2 Å². The minimum atomic E-state index is -0.501. The van der Waals surface area contributed by atoms with Gasteiger partial charge in [0, 0.05) is 11.3 Å². The van der Waals surface area contributed by atoms with Crippen LogP contribution in [0.1, 0.15) is 10.4 Å². The lowest BCUT2D eigenvalue weighted by Gasteiger charge is -2.09. The highest BCUT2D eigenvalue weighted by Gasteiger charge is 2.16. The fourth-order valence-corrected chi connectivity index (χ4v) is 2.42. The Morgan fingerprint density at radius 3 is 2.48 bits per heavy atom. The quantitative estimate of drug-likeness (QED) is 0.730. The summed E-state index contributed by atoms with van der Waals surface area (Å²) in [5.74, 6) is 0.0553. The number of H-pyrrole nitrogens is 1. The maximum absolute atomic E-state index is 11.6. The van der Waals surface area contributed by atoms with E-state index in [0.29, 0.717) is 21.7 Å². The number of benzene rings is 2. The molecule has 5 nitrogen and oxygen atoms in total. The summed E-state index contributed by atoms with van der Waals surface area (Å²) in [7, 11) is 0. The average molecular weight is 296 g/mol. The summed E-state index contributed by atoms with van der Waals surface area (Å²) in [6.45, 7) is 0. The van der Waals surface area contributed by atoms with Crippen molar-refractivity contribution >= 4 is 18.1 Å². The monoisotopic (exact) mass is 296 g/mol. The molecule has 1 amide bonds. The van der Waals surface area contributed by atoms with Crippen LogP contribution in [-0.4, -0.2) is 20.7 Å². The third kappa shape index (κ3) is 2.36. The topological polar surface area (TPSA) is 76.7 Å². The van der Waals surface area contributed by atoms with Crippen molar-refractivity contribution < 1.29 is 4.79 Å². The Bertz CT molecular complexity index is 851. The maximum atomic E-state index is 11.6. The van der Waals surface area contributed by atoms with Crippen molar-refractivity contribution in [3.05, 3.63) is 64.9 Å². The molecular formula is C15H12N4OS. The largest absolute Gasteiger partial charge is 0.366 e. The summed E-state index contributed by atoms with van der Waals surface area (Å²) in [4.78, 5) is 11.6. The number of rotatable bonds is 3. The van der Waals surface area contributed by atoms with Crippen LogP contribution in [0.3, 0.4) is 0 Å². The second-order valence-corrected chi connectivity index (χ2v) is 4.82. The first-order valence-electron chi connectivity index (χ1n) is 6.30. The van der Waals surface area contributed by atoms with Crippen molar-refractivity contribution in [2.75, 3.05) is 0 Å². The predicted molar refractivity (Wildman–Crippen MR) is 82.7 cm³/mol. The Morgan fingerprint density at radius 1 is 1.10 bits per heavy atom. The smallest absolute Gasteiger partial charge is 0.249 e. The first-order valence-corrected chi connectivity index (χ1v) is 6.71. The summed E-state index contributed by atoms with van der Waals surface area (Å²) in [6, 6.07) is 16.6. The second kappa shape index (κ2) is 5.34. The molecule has 0 saturated heterocycles. The van der Waals surface area contributed by atoms with Crippen molar-refractivity contribution in [1.29, 1.82) is 0 Å². The molecule has 3 rings (SSSR count). The molecular weight excluding hydrogens is 284 g/mol. The van der Waals surface area contributed by atoms with Gasteiger partial charge in [0.1, 0.15) is 0 Å². The van der Waals surface area contributed by atoms with E-state index in [1.807, 2.05) is 36.4 Å². The molecule has 3 N–H and O–H groups in total. The summed E-state index contributed by atoms with van der Waals surface area (Å²) in [5.41, 5.74) is 7.35. The Balaban J connectivity index is 2.27. The van der Waals surface area contributed by atoms with Gasteiger partial charge in [-0.1, -0.05) is 36.4 Å². The zero-order valence-corrected chi connectivity index (χ0v) is 11.8. The third-order valence-corrected chi connectivity index (χ3v) is 3.39. The van der Waals surface area contributed by atoms with Gasteiger partial charge in [-0.05, 0) is 30.4 Å². The van der Waals surface area contributed by atoms with E-state index < -0.39 is 5.91 Å². The molecule has 2 aromatic carbocycles. The zero-order chi connectivity index (χ0) is 14.8. The lowest BCUT2D eigenvalue weighted by Crippen LogP contribution is -2.13. The van der Waals surface area contributed by atoms with E-state index in [4.69, 9.17) is 18.0 Å². The molecule has 1 aromatic heterocycles. The second-order valence-electron chi connectivity index (χ2n) is 4.43. The molecule has 0 aliphatic heterocycles. The van der Waals surface area contributed by atoms with Gasteiger partial charge in [0.25, 0.3) is 0 Å². The average Bonchev–Trinajstić information content (AvgIpc) is 2.89. The maximum Gasteiger partial charge on any atom is 0.249 e. The number of hydrogen-bond donors (Lipinski definition) is 2. The first-order chi connectivity index (χ1) is 10.2. The molecule has 21 heavy (non-hydrogen) atoms. The molecule has 1 heterocycles. The van der Waals surface area contributed by atoms with Crippen LogP contribution in [0.25, 0.3) is 17.1 Å². The third-order valence-electron chi connectivity index (χ3n) is 3.12. The lowest BCUT2D eigenvalue weighted by molar-refractivity contribution is 0.100. The van der Waals surface area contributed by atoms with Crippen LogP contribution in [0.15, 0.2) is 54.6 Å². The fraction of sp³-hybridized carbons (Fsp3) is 0. The Kier molecular flexibility index (Phi) is 3.37. The van der Waals surface area contributed by atoms with Gasteiger partial charge in [0.05, 0.1) is 5.56 Å². The number of hydrogen-bond acceptors (Lipinski definition) is 3. The molecule has 0 unspecified atom stereocenters. The molecule has 0 bridgehead atoms. The van der Waals surface area contributed by atoms with Gasteiger partial charge in [-0.15, -0.1) is 0 Å². The molecule has 0 saturated carbocycles. The van der Waals surface area contributed by atoms with Crippen molar-refractivity contribution in [2.24, 2.45) is 5.73 Å². The standard InChI is InChI=1S/C15H12N4OS/c16-13(20)11-8-4-5-9-12(11)14-17-18-15(21)19(14)10-6-2-1-3-7-10/h1-9H,(H2,16,20)(H,18,21). The van der Waals surface area contributed by atoms with Crippen LogP contribution in [-0.2, 0) is 0 Å². The highest BCUT2D eigenvalue weighted by molar-refractivity contribution is 7.71. The number of nitrogens with two attached hydrogens (primary N) is 1. The number of aromatic nitrogens is 3. The summed E-state index contributed by atoms with van der Waals surface area (Å²) >= 11 is 5.29. The van der Waals surface area contributed by atoms with E-state index in [-0.39, 0.29) is 0 Å². The van der Waals surface area contributed by atoms with Crippen LogP contribution in [0.4, 0.5) is 0 Å². The van der Waals surface area contributed by atoms with E-state index in [1.165, 1.54) is 0 Å². The Morgan fingerprint density at radius 2 is 1.76 bits per heavy atom. The highest BCUT2D eigenvalue weighted by Crippen LogP contribution is 2.24. The fourth-order valence-electron chi connectivity index (χ4n) is 2.19. The predicted octanol–water partition coefficient (Wildman–Crippen LogP) is 2.70. The Labute approximate surface area is 126 Å². The van der Waals surface area contributed by atoms with Gasteiger partial charge in [0.15, 0.2) is 10.6 Å². The van der Waals surface area contributed by atoms with Crippen LogP contribution in [0, 0.1) is 4.77 Å². The van der Waals surface area contributed by atoms with Gasteiger partial charge in [-0.2, -0.15) is 5.10 Å². The first kappa shape index (κ1) is 13.3. The number of nitrogens with one attached hydrogen (secondary N) is 1. The van der Waals surface area contributed by atoms with Crippen molar-refractivity contribution in [2.45, 2.75) is 0 Å². The summed E-state index contributed by atoms with van der Waals surface area (Å²) in [5, 5.41) is 7.01. The molecule has 0 spiro atoms. The van der Waals surface area contributed by atoms with E-state index in [2.05, 4.69) is 10.2 Å². The van der Waals surface area contributed by atoms with Crippen molar-refractivity contribution in [3.63, 3.8) is 0 Å². The number of primary amides is 1. The van der Waals surface area contributed by atoms with Gasteiger partial charge in [0.2, 0.25) is 5.91 Å². The van der Waals surface area contributed by atoms with Crippen molar-refractivity contribution in [1.82, 2.24) is 14.8 Å². The van der Waals surface area contributed by atoms with Crippen LogP contribution < -0.4 is 5.73 Å². The van der Waals surface area contributed by atoms with E-state index in [1.54, 1.807) is 22.8 Å². The number of carbonyl (C=O) groups excluding carboxylic acids is 1. The van der Waals surface area contributed by atoms with Crippen molar-refractivity contribution in [3.8, 4) is 17.1 Å².